The van der Waals surface area contributed by atoms with E-state index < -0.39 is 0 Å². The van der Waals surface area contributed by atoms with Crippen LogP contribution in [0.4, 0.5) is 4.39 Å². The number of carbonyl (C=O) groups is 2. The van der Waals surface area contributed by atoms with Crippen LogP contribution in [0.2, 0.25) is 0 Å². The Hall–Kier alpha value is -3.21. The molecule has 0 atom stereocenters. The molecule has 0 aromatic heterocycles. The number of carbonyl (C=O) groups excluding carboxylic acids is 2. The van der Waals surface area contributed by atoms with Crippen molar-refractivity contribution in [3.05, 3.63) is 83.7 Å². The van der Waals surface area contributed by atoms with Crippen LogP contribution in [0.3, 0.4) is 0 Å². The second kappa shape index (κ2) is 7.80. The summed E-state index contributed by atoms with van der Waals surface area (Å²) in [5, 5.41) is 2.15. The number of nitrogens with zero attached hydrogens (tertiary/aromatic N) is 2. The smallest absolute Gasteiger partial charge is 0.253 e. The van der Waals surface area contributed by atoms with Crippen LogP contribution >= 0.6 is 0 Å². The first-order valence-corrected chi connectivity index (χ1v) is 9.40. The van der Waals surface area contributed by atoms with Crippen molar-refractivity contribution in [2.24, 2.45) is 0 Å². The van der Waals surface area contributed by atoms with Crippen molar-refractivity contribution in [3.8, 4) is 0 Å². The van der Waals surface area contributed by atoms with Crippen molar-refractivity contribution in [2.45, 2.75) is 6.42 Å². The van der Waals surface area contributed by atoms with Crippen LogP contribution in [0.25, 0.3) is 10.8 Å². The fraction of sp³-hybridized carbons (Fsp3) is 0.217. The SMILES string of the molecule is O=C(Cc1ccc(F)cc1)N1CCN(C(=O)c2ccc3ccccc3c2)CC1. The molecular formula is C23H21FN2O2. The van der Waals surface area contributed by atoms with Gasteiger partial charge in [-0.2, -0.15) is 0 Å². The number of rotatable bonds is 3. The normalized spacial score (nSPS) is 14.3. The zero-order valence-corrected chi connectivity index (χ0v) is 15.5. The van der Waals surface area contributed by atoms with Crippen LogP contribution in [0, 0.1) is 5.82 Å². The molecule has 0 N–H and O–H groups in total. The molecule has 0 saturated carbocycles. The Balaban J connectivity index is 1.36. The van der Waals surface area contributed by atoms with E-state index in [9.17, 15) is 14.0 Å². The van der Waals surface area contributed by atoms with Crippen LogP contribution in [0.1, 0.15) is 15.9 Å². The van der Waals surface area contributed by atoms with E-state index in [0.717, 1.165) is 16.3 Å². The van der Waals surface area contributed by atoms with Crippen LogP contribution in [0.5, 0.6) is 0 Å². The van der Waals surface area contributed by atoms with E-state index in [0.29, 0.717) is 31.7 Å². The molecule has 1 saturated heterocycles. The number of hydrogen-bond donors (Lipinski definition) is 0. The predicted molar refractivity (Wildman–Crippen MR) is 107 cm³/mol. The summed E-state index contributed by atoms with van der Waals surface area (Å²) in [6.07, 6.45) is 0.249. The van der Waals surface area contributed by atoms with Gasteiger partial charge in [0.15, 0.2) is 0 Å². The van der Waals surface area contributed by atoms with E-state index in [-0.39, 0.29) is 24.1 Å². The lowest BCUT2D eigenvalue weighted by Crippen LogP contribution is -2.51. The maximum atomic E-state index is 13.0. The molecule has 0 aliphatic carbocycles. The minimum absolute atomic E-state index is 0.00335. The molecule has 0 spiro atoms. The monoisotopic (exact) mass is 376 g/mol. The van der Waals surface area contributed by atoms with Crippen LogP contribution in [-0.4, -0.2) is 47.8 Å². The van der Waals surface area contributed by atoms with E-state index in [1.54, 1.807) is 21.9 Å². The number of halogens is 1. The highest BCUT2D eigenvalue weighted by Crippen LogP contribution is 2.18. The predicted octanol–water partition coefficient (Wildman–Crippen LogP) is 3.51. The number of fused-ring (bicyclic) bond motifs is 1. The third-order valence-corrected chi connectivity index (χ3v) is 5.18. The summed E-state index contributed by atoms with van der Waals surface area (Å²) in [4.78, 5) is 28.9. The number of hydrogen-bond acceptors (Lipinski definition) is 2. The molecule has 0 unspecified atom stereocenters. The molecule has 0 bridgehead atoms. The average molecular weight is 376 g/mol. The van der Waals surface area contributed by atoms with Crippen molar-refractivity contribution in [1.29, 1.82) is 0 Å². The number of benzene rings is 3. The molecule has 1 aliphatic heterocycles. The quantitative estimate of drug-likeness (QED) is 0.702. The summed E-state index contributed by atoms with van der Waals surface area (Å²) in [6, 6.07) is 19.7. The molecule has 1 heterocycles. The first kappa shape index (κ1) is 18.2. The average Bonchev–Trinajstić information content (AvgIpc) is 2.74. The summed E-state index contributed by atoms with van der Waals surface area (Å²) < 4.78 is 13.0. The molecule has 4 rings (SSSR count). The third-order valence-electron chi connectivity index (χ3n) is 5.18. The first-order chi connectivity index (χ1) is 13.6. The highest BCUT2D eigenvalue weighted by molar-refractivity contribution is 5.98. The Morgan fingerprint density at radius 2 is 1.43 bits per heavy atom. The standard InChI is InChI=1S/C23H21FN2O2/c24-21-9-5-17(6-10-21)15-22(27)25-11-13-26(14-12-25)23(28)20-8-7-18-3-1-2-4-19(18)16-20/h1-10,16H,11-15H2. The number of amides is 2. The van der Waals surface area contributed by atoms with Gasteiger partial charge in [0.25, 0.3) is 5.91 Å². The largest absolute Gasteiger partial charge is 0.339 e. The van der Waals surface area contributed by atoms with Gasteiger partial charge >= 0.3 is 0 Å². The summed E-state index contributed by atoms with van der Waals surface area (Å²) in [7, 11) is 0. The van der Waals surface area contributed by atoms with Gasteiger partial charge in [0.05, 0.1) is 6.42 Å². The van der Waals surface area contributed by atoms with E-state index in [4.69, 9.17) is 0 Å². The van der Waals surface area contributed by atoms with Gasteiger partial charge in [-0.3, -0.25) is 9.59 Å². The Kier molecular flexibility index (Phi) is 5.06. The van der Waals surface area contributed by atoms with Gasteiger partial charge in [-0.05, 0) is 40.6 Å². The second-order valence-electron chi connectivity index (χ2n) is 7.04. The van der Waals surface area contributed by atoms with Crippen LogP contribution < -0.4 is 0 Å². The minimum atomic E-state index is -0.308. The van der Waals surface area contributed by atoms with Gasteiger partial charge in [-0.15, -0.1) is 0 Å². The number of piperazine rings is 1. The van der Waals surface area contributed by atoms with Gasteiger partial charge in [0.1, 0.15) is 5.82 Å². The van der Waals surface area contributed by atoms with Crippen molar-refractivity contribution < 1.29 is 14.0 Å². The first-order valence-electron chi connectivity index (χ1n) is 9.40. The minimum Gasteiger partial charge on any atom is -0.339 e. The maximum Gasteiger partial charge on any atom is 0.253 e. The Bertz CT molecular complexity index is 1010. The molecule has 2 amide bonds. The fourth-order valence-corrected chi connectivity index (χ4v) is 3.55. The highest BCUT2D eigenvalue weighted by atomic mass is 19.1. The molecule has 4 nitrogen and oxygen atoms in total. The third kappa shape index (κ3) is 3.88. The Morgan fingerprint density at radius 1 is 0.786 bits per heavy atom. The van der Waals surface area contributed by atoms with Crippen molar-refractivity contribution >= 4 is 22.6 Å². The Labute approximate surface area is 163 Å². The summed E-state index contributed by atoms with van der Waals surface area (Å²) in [5.41, 5.74) is 1.46. The van der Waals surface area contributed by atoms with Crippen molar-refractivity contribution in [2.75, 3.05) is 26.2 Å². The lowest BCUT2D eigenvalue weighted by Gasteiger charge is -2.35. The van der Waals surface area contributed by atoms with Gasteiger partial charge in [-0.25, -0.2) is 4.39 Å². The van der Waals surface area contributed by atoms with Gasteiger partial charge in [0.2, 0.25) is 5.91 Å². The molecule has 0 radical (unpaired) electrons. The molecule has 28 heavy (non-hydrogen) atoms. The topological polar surface area (TPSA) is 40.6 Å². The summed E-state index contributed by atoms with van der Waals surface area (Å²) in [5.74, 6) is -0.308. The van der Waals surface area contributed by atoms with E-state index in [2.05, 4.69) is 0 Å². The van der Waals surface area contributed by atoms with Crippen molar-refractivity contribution in [3.63, 3.8) is 0 Å². The highest BCUT2D eigenvalue weighted by Gasteiger charge is 2.25. The molecular weight excluding hydrogens is 355 g/mol. The summed E-state index contributed by atoms with van der Waals surface area (Å²) >= 11 is 0. The van der Waals surface area contributed by atoms with Gasteiger partial charge < -0.3 is 9.80 Å². The molecule has 142 valence electrons. The molecule has 1 fully saturated rings. The Morgan fingerprint density at radius 3 is 2.14 bits per heavy atom. The van der Waals surface area contributed by atoms with Gasteiger partial charge in [0, 0.05) is 31.7 Å². The lowest BCUT2D eigenvalue weighted by atomic mass is 10.1. The van der Waals surface area contributed by atoms with E-state index >= 15 is 0 Å². The summed E-state index contributed by atoms with van der Waals surface area (Å²) in [6.45, 7) is 2.06. The maximum absolute atomic E-state index is 13.0. The van der Waals surface area contributed by atoms with Gasteiger partial charge in [-0.1, -0.05) is 42.5 Å². The van der Waals surface area contributed by atoms with Crippen LogP contribution in [-0.2, 0) is 11.2 Å². The molecule has 3 aromatic carbocycles. The molecule has 3 aromatic rings. The molecule has 5 heteroatoms. The fourth-order valence-electron chi connectivity index (χ4n) is 3.55. The zero-order valence-electron chi connectivity index (χ0n) is 15.5. The second-order valence-corrected chi connectivity index (χ2v) is 7.04. The molecule has 1 aliphatic rings. The lowest BCUT2D eigenvalue weighted by molar-refractivity contribution is -0.131. The van der Waals surface area contributed by atoms with Crippen LogP contribution in [0.15, 0.2) is 66.7 Å². The zero-order chi connectivity index (χ0) is 19.5. The van der Waals surface area contributed by atoms with E-state index in [1.165, 1.54) is 12.1 Å². The van der Waals surface area contributed by atoms with Crippen molar-refractivity contribution in [1.82, 2.24) is 9.80 Å². The van der Waals surface area contributed by atoms with E-state index in [1.807, 2.05) is 42.5 Å².